The summed E-state index contributed by atoms with van der Waals surface area (Å²) in [6.45, 7) is 1.73. The van der Waals surface area contributed by atoms with Crippen molar-refractivity contribution in [2.24, 2.45) is 0 Å². The van der Waals surface area contributed by atoms with Crippen molar-refractivity contribution < 1.29 is 4.79 Å². The highest BCUT2D eigenvalue weighted by Gasteiger charge is 2.30. The standard InChI is InChI=1S/C20H22N6OS/c1-28-18-8-2-5-15(11-18)13-25-10-4-9-19(25)20(27)22-16-6-3-7-17(12-16)26-14-21-23-24-26/h2-3,5-8,11-12,14,19H,4,9-10,13H2,1H3,(H,22,27)/t19-/m0/s1. The molecule has 7 nitrogen and oxygen atoms in total. The van der Waals surface area contributed by atoms with E-state index in [1.807, 2.05) is 24.3 Å². The predicted octanol–water partition coefficient (Wildman–Crippen LogP) is 2.99. The molecule has 144 valence electrons. The Balaban J connectivity index is 1.44. The maximum atomic E-state index is 12.9. The summed E-state index contributed by atoms with van der Waals surface area (Å²) in [7, 11) is 0. The Morgan fingerprint density at radius 1 is 1.25 bits per heavy atom. The van der Waals surface area contributed by atoms with Gasteiger partial charge in [0.15, 0.2) is 0 Å². The molecule has 1 fully saturated rings. The molecule has 0 bridgehead atoms. The van der Waals surface area contributed by atoms with Crippen LogP contribution in [0.5, 0.6) is 0 Å². The van der Waals surface area contributed by atoms with Gasteiger partial charge in [-0.3, -0.25) is 9.69 Å². The third kappa shape index (κ3) is 4.23. The molecule has 4 rings (SSSR count). The van der Waals surface area contributed by atoms with Crippen molar-refractivity contribution in [3.8, 4) is 5.69 Å². The fraction of sp³-hybridized carbons (Fsp3) is 0.300. The number of anilines is 1. The lowest BCUT2D eigenvalue weighted by Crippen LogP contribution is -2.39. The zero-order chi connectivity index (χ0) is 19.3. The molecule has 28 heavy (non-hydrogen) atoms. The van der Waals surface area contributed by atoms with Gasteiger partial charge in [0.1, 0.15) is 6.33 Å². The van der Waals surface area contributed by atoms with Gasteiger partial charge in [0.2, 0.25) is 5.91 Å². The molecule has 1 amide bonds. The van der Waals surface area contributed by atoms with Crippen LogP contribution in [0.25, 0.3) is 5.69 Å². The molecular formula is C20H22N6OS. The van der Waals surface area contributed by atoms with Crippen LogP contribution in [0, 0.1) is 0 Å². The van der Waals surface area contributed by atoms with Gasteiger partial charge in [-0.25, -0.2) is 4.68 Å². The molecular weight excluding hydrogens is 372 g/mol. The van der Waals surface area contributed by atoms with Crippen LogP contribution in [0.4, 0.5) is 5.69 Å². The Morgan fingerprint density at radius 2 is 2.14 bits per heavy atom. The molecule has 1 atom stereocenters. The zero-order valence-corrected chi connectivity index (χ0v) is 16.5. The minimum Gasteiger partial charge on any atom is -0.325 e. The van der Waals surface area contributed by atoms with Gasteiger partial charge < -0.3 is 5.32 Å². The van der Waals surface area contributed by atoms with Crippen molar-refractivity contribution in [1.29, 1.82) is 0 Å². The van der Waals surface area contributed by atoms with Crippen molar-refractivity contribution in [2.75, 3.05) is 18.1 Å². The van der Waals surface area contributed by atoms with Gasteiger partial charge in [0.05, 0.1) is 11.7 Å². The zero-order valence-electron chi connectivity index (χ0n) is 15.7. The highest BCUT2D eigenvalue weighted by Crippen LogP contribution is 2.24. The highest BCUT2D eigenvalue weighted by atomic mass is 32.2. The van der Waals surface area contributed by atoms with Gasteiger partial charge in [0, 0.05) is 17.1 Å². The Bertz CT molecular complexity index is 945. The molecule has 3 aromatic rings. The Hall–Kier alpha value is -2.71. The smallest absolute Gasteiger partial charge is 0.241 e. The summed E-state index contributed by atoms with van der Waals surface area (Å²) in [5.41, 5.74) is 2.79. The van der Waals surface area contributed by atoms with Crippen molar-refractivity contribution in [2.45, 2.75) is 30.3 Å². The van der Waals surface area contributed by atoms with E-state index in [1.54, 1.807) is 16.4 Å². The number of carbonyl (C=O) groups excluding carboxylic acids is 1. The van der Waals surface area contributed by atoms with Crippen LogP contribution in [0.3, 0.4) is 0 Å². The minimum absolute atomic E-state index is 0.0346. The number of rotatable bonds is 6. The first-order valence-electron chi connectivity index (χ1n) is 9.24. The second-order valence-electron chi connectivity index (χ2n) is 6.77. The monoisotopic (exact) mass is 394 g/mol. The molecule has 0 radical (unpaired) electrons. The molecule has 0 spiro atoms. The molecule has 0 aliphatic carbocycles. The van der Waals surface area contributed by atoms with Gasteiger partial charge >= 0.3 is 0 Å². The number of hydrogen-bond donors (Lipinski definition) is 1. The van der Waals surface area contributed by atoms with E-state index in [2.05, 4.69) is 56.3 Å². The first-order chi connectivity index (χ1) is 13.7. The molecule has 2 aromatic carbocycles. The lowest BCUT2D eigenvalue weighted by atomic mass is 10.1. The van der Waals surface area contributed by atoms with E-state index in [0.717, 1.165) is 37.3 Å². The molecule has 0 unspecified atom stereocenters. The summed E-state index contributed by atoms with van der Waals surface area (Å²) < 4.78 is 1.57. The number of tetrazole rings is 1. The van der Waals surface area contributed by atoms with E-state index in [-0.39, 0.29) is 11.9 Å². The second kappa shape index (κ2) is 8.53. The largest absolute Gasteiger partial charge is 0.325 e. The topological polar surface area (TPSA) is 75.9 Å². The van der Waals surface area contributed by atoms with Crippen molar-refractivity contribution >= 4 is 23.4 Å². The van der Waals surface area contributed by atoms with Crippen LogP contribution < -0.4 is 5.32 Å². The summed E-state index contributed by atoms with van der Waals surface area (Å²) in [5.74, 6) is 0.0346. The van der Waals surface area contributed by atoms with E-state index in [0.29, 0.717) is 0 Å². The van der Waals surface area contributed by atoms with Crippen LogP contribution in [0.2, 0.25) is 0 Å². The third-order valence-electron chi connectivity index (χ3n) is 4.91. The summed E-state index contributed by atoms with van der Waals surface area (Å²) in [5, 5.41) is 14.3. The summed E-state index contributed by atoms with van der Waals surface area (Å²) in [6, 6.07) is 15.9. The van der Waals surface area contributed by atoms with Gasteiger partial charge in [0.25, 0.3) is 0 Å². The first kappa shape index (κ1) is 18.6. The van der Waals surface area contributed by atoms with Crippen molar-refractivity contribution in [3.63, 3.8) is 0 Å². The molecule has 1 saturated heterocycles. The Kier molecular flexibility index (Phi) is 5.68. The third-order valence-corrected chi connectivity index (χ3v) is 5.64. The van der Waals surface area contributed by atoms with Crippen LogP contribution in [0.15, 0.2) is 59.8 Å². The van der Waals surface area contributed by atoms with Gasteiger partial charge in [-0.2, -0.15) is 0 Å². The van der Waals surface area contributed by atoms with Crippen LogP contribution in [-0.4, -0.2) is 49.9 Å². The summed E-state index contributed by atoms with van der Waals surface area (Å²) in [4.78, 5) is 16.4. The highest BCUT2D eigenvalue weighted by molar-refractivity contribution is 7.98. The van der Waals surface area contributed by atoms with Crippen molar-refractivity contribution in [3.05, 3.63) is 60.4 Å². The molecule has 1 aromatic heterocycles. The van der Waals surface area contributed by atoms with Gasteiger partial charge in [-0.1, -0.05) is 18.2 Å². The van der Waals surface area contributed by atoms with Gasteiger partial charge in [-0.05, 0) is 72.0 Å². The number of aromatic nitrogens is 4. The van der Waals surface area contributed by atoms with Crippen LogP contribution >= 0.6 is 11.8 Å². The summed E-state index contributed by atoms with van der Waals surface area (Å²) in [6.07, 6.45) is 5.52. The normalized spacial score (nSPS) is 17.0. The number of thioether (sulfide) groups is 1. The maximum absolute atomic E-state index is 12.9. The lowest BCUT2D eigenvalue weighted by molar-refractivity contribution is -0.120. The Morgan fingerprint density at radius 3 is 2.96 bits per heavy atom. The molecule has 2 heterocycles. The van der Waals surface area contributed by atoms with Crippen molar-refractivity contribution in [1.82, 2.24) is 25.1 Å². The van der Waals surface area contributed by atoms with Gasteiger partial charge in [-0.15, -0.1) is 16.9 Å². The van der Waals surface area contributed by atoms with E-state index in [4.69, 9.17) is 0 Å². The number of nitrogens with zero attached hydrogens (tertiary/aromatic N) is 5. The first-order valence-corrected chi connectivity index (χ1v) is 10.5. The predicted molar refractivity (Wildman–Crippen MR) is 109 cm³/mol. The molecule has 8 heteroatoms. The number of likely N-dealkylation sites (tertiary alicyclic amines) is 1. The molecule has 1 aliphatic heterocycles. The van der Waals surface area contributed by atoms with E-state index >= 15 is 0 Å². The van der Waals surface area contributed by atoms with E-state index in [9.17, 15) is 4.79 Å². The van der Waals surface area contributed by atoms with Crippen LogP contribution in [0.1, 0.15) is 18.4 Å². The number of nitrogens with one attached hydrogen (secondary N) is 1. The molecule has 1 N–H and O–H groups in total. The molecule has 0 saturated carbocycles. The van der Waals surface area contributed by atoms with E-state index in [1.165, 1.54) is 16.8 Å². The minimum atomic E-state index is -0.116. The quantitative estimate of drug-likeness (QED) is 0.648. The fourth-order valence-electron chi connectivity index (χ4n) is 3.55. The second-order valence-corrected chi connectivity index (χ2v) is 7.65. The average Bonchev–Trinajstić information content (AvgIpc) is 3.40. The number of carbonyl (C=O) groups is 1. The lowest BCUT2D eigenvalue weighted by Gasteiger charge is -2.24. The Labute approximate surface area is 168 Å². The summed E-state index contributed by atoms with van der Waals surface area (Å²) >= 11 is 1.74. The average molecular weight is 395 g/mol. The molecule has 1 aliphatic rings. The number of hydrogen-bond acceptors (Lipinski definition) is 6. The number of benzene rings is 2. The van der Waals surface area contributed by atoms with E-state index < -0.39 is 0 Å². The SMILES string of the molecule is CSc1cccc(CN2CCC[C@H]2C(=O)Nc2cccc(-n3cnnn3)c2)c1. The van der Waals surface area contributed by atoms with Crippen LogP contribution in [-0.2, 0) is 11.3 Å². The maximum Gasteiger partial charge on any atom is 0.241 e. The number of amides is 1. The fourth-order valence-corrected chi connectivity index (χ4v) is 4.03.